The van der Waals surface area contributed by atoms with Crippen LogP contribution in [0, 0.1) is 19.3 Å². The van der Waals surface area contributed by atoms with E-state index in [1.54, 1.807) is 4.68 Å². The summed E-state index contributed by atoms with van der Waals surface area (Å²) in [7, 11) is 0. The van der Waals surface area contributed by atoms with Gasteiger partial charge < -0.3 is 10.4 Å². The fraction of sp³-hybridized carbons (Fsp3) is 0.692. The molecule has 2 unspecified atom stereocenters. The molecule has 0 saturated heterocycles. The second kappa shape index (κ2) is 4.39. The molecule has 2 atom stereocenters. The fourth-order valence-corrected chi connectivity index (χ4v) is 2.36. The number of hydrogen-bond donors (Lipinski definition) is 2. The van der Waals surface area contributed by atoms with Crippen LogP contribution in [0.5, 0.6) is 0 Å². The van der Waals surface area contributed by atoms with Gasteiger partial charge in [0.05, 0.1) is 11.8 Å². The molecule has 1 aliphatic carbocycles. The van der Waals surface area contributed by atoms with Gasteiger partial charge in [0.25, 0.3) is 0 Å². The minimum atomic E-state index is -0.323. The van der Waals surface area contributed by atoms with Gasteiger partial charge in [-0.15, -0.1) is 0 Å². The summed E-state index contributed by atoms with van der Waals surface area (Å²) in [6.45, 7) is 8.02. The number of carbonyl (C=O) groups excluding carboxylic acids is 1. The van der Waals surface area contributed by atoms with Crippen LogP contribution in [0.3, 0.4) is 0 Å². The Kier molecular flexibility index (Phi) is 3.19. The standard InChI is InChI=1S/C13H21N3O2/c1-8-5-9(2)16(15-8)7-12(18)14-10-6-11(17)13(10,3)4/h5,10-11,17H,6-7H2,1-4H3,(H,14,18). The highest BCUT2D eigenvalue weighted by molar-refractivity contribution is 5.76. The molecule has 5 heteroatoms. The summed E-state index contributed by atoms with van der Waals surface area (Å²) in [6, 6.07) is 2.00. The summed E-state index contributed by atoms with van der Waals surface area (Å²) in [6.07, 6.45) is 0.312. The Labute approximate surface area is 107 Å². The molecule has 0 aromatic carbocycles. The largest absolute Gasteiger partial charge is 0.392 e. The van der Waals surface area contributed by atoms with Crippen LogP contribution in [0.4, 0.5) is 0 Å². The summed E-state index contributed by atoms with van der Waals surface area (Å²) in [4.78, 5) is 11.9. The Hall–Kier alpha value is -1.36. The van der Waals surface area contributed by atoms with Crippen LogP contribution in [0.15, 0.2) is 6.07 Å². The average Bonchev–Trinajstić information content (AvgIpc) is 2.57. The molecule has 1 fully saturated rings. The van der Waals surface area contributed by atoms with Crippen LogP contribution in [0.2, 0.25) is 0 Å². The third kappa shape index (κ3) is 2.27. The third-order valence-corrected chi connectivity index (χ3v) is 3.95. The average molecular weight is 251 g/mol. The van der Waals surface area contributed by atoms with E-state index in [-0.39, 0.29) is 30.0 Å². The number of aliphatic hydroxyl groups excluding tert-OH is 1. The fourth-order valence-electron chi connectivity index (χ4n) is 2.36. The van der Waals surface area contributed by atoms with E-state index in [2.05, 4.69) is 10.4 Å². The van der Waals surface area contributed by atoms with Crippen LogP contribution in [0.1, 0.15) is 31.7 Å². The lowest BCUT2D eigenvalue weighted by Gasteiger charge is -2.49. The highest BCUT2D eigenvalue weighted by Gasteiger charge is 2.47. The summed E-state index contributed by atoms with van der Waals surface area (Å²) in [5.41, 5.74) is 1.67. The molecule has 1 saturated carbocycles. The van der Waals surface area contributed by atoms with Crippen LogP contribution in [-0.4, -0.2) is 32.9 Å². The van der Waals surface area contributed by atoms with Gasteiger partial charge in [0.1, 0.15) is 6.54 Å². The Morgan fingerprint density at radius 2 is 2.28 bits per heavy atom. The normalized spacial score (nSPS) is 25.6. The first-order chi connectivity index (χ1) is 8.30. The maximum atomic E-state index is 11.9. The Balaban J connectivity index is 1.92. The maximum absolute atomic E-state index is 11.9. The van der Waals surface area contributed by atoms with Gasteiger partial charge in [0.15, 0.2) is 0 Å². The van der Waals surface area contributed by atoms with Crippen molar-refractivity contribution in [2.45, 2.75) is 52.8 Å². The molecule has 1 aromatic rings. The first-order valence-electron chi connectivity index (χ1n) is 6.29. The van der Waals surface area contributed by atoms with Crippen LogP contribution >= 0.6 is 0 Å². The quantitative estimate of drug-likeness (QED) is 0.834. The van der Waals surface area contributed by atoms with E-state index in [1.165, 1.54) is 0 Å². The monoisotopic (exact) mass is 251 g/mol. The second-order valence-electron chi connectivity index (χ2n) is 5.78. The maximum Gasteiger partial charge on any atom is 0.241 e. The molecule has 1 amide bonds. The number of hydrogen-bond acceptors (Lipinski definition) is 3. The minimum Gasteiger partial charge on any atom is -0.392 e. The lowest BCUT2D eigenvalue weighted by molar-refractivity contribution is -0.130. The SMILES string of the molecule is Cc1cc(C)n(CC(=O)NC2CC(O)C2(C)C)n1. The molecule has 0 radical (unpaired) electrons. The minimum absolute atomic E-state index is 0.0498. The van der Waals surface area contributed by atoms with Crippen LogP contribution in [0.25, 0.3) is 0 Å². The van der Waals surface area contributed by atoms with E-state index in [0.717, 1.165) is 11.4 Å². The first-order valence-corrected chi connectivity index (χ1v) is 6.29. The summed E-state index contributed by atoms with van der Waals surface area (Å²) in [5.74, 6) is -0.0498. The van der Waals surface area contributed by atoms with Gasteiger partial charge >= 0.3 is 0 Å². The van der Waals surface area contributed by atoms with Gasteiger partial charge in [0, 0.05) is 17.2 Å². The van der Waals surface area contributed by atoms with Gasteiger partial charge in [-0.05, 0) is 26.3 Å². The Morgan fingerprint density at radius 1 is 1.61 bits per heavy atom. The smallest absolute Gasteiger partial charge is 0.241 e. The molecule has 0 aliphatic heterocycles. The van der Waals surface area contributed by atoms with E-state index in [1.807, 2.05) is 33.8 Å². The number of rotatable bonds is 3. The molecule has 100 valence electrons. The van der Waals surface area contributed by atoms with Crippen molar-refractivity contribution in [2.24, 2.45) is 5.41 Å². The van der Waals surface area contributed by atoms with Crippen molar-refractivity contribution in [3.63, 3.8) is 0 Å². The predicted molar refractivity (Wildman–Crippen MR) is 68.0 cm³/mol. The number of amides is 1. The van der Waals surface area contributed by atoms with Crippen molar-refractivity contribution in [2.75, 3.05) is 0 Å². The van der Waals surface area contributed by atoms with Crippen LogP contribution in [-0.2, 0) is 11.3 Å². The van der Waals surface area contributed by atoms with Crippen molar-refractivity contribution >= 4 is 5.91 Å². The molecular formula is C13H21N3O2. The number of aryl methyl sites for hydroxylation is 2. The zero-order valence-corrected chi connectivity index (χ0v) is 11.4. The summed E-state index contributed by atoms with van der Waals surface area (Å²) >= 11 is 0. The van der Waals surface area contributed by atoms with Gasteiger partial charge in [-0.2, -0.15) is 5.10 Å². The van der Waals surface area contributed by atoms with E-state index in [0.29, 0.717) is 6.42 Å². The summed E-state index contributed by atoms with van der Waals surface area (Å²) in [5, 5.41) is 16.8. The molecule has 18 heavy (non-hydrogen) atoms. The lowest BCUT2D eigenvalue weighted by Crippen LogP contribution is -2.61. The third-order valence-electron chi connectivity index (χ3n) is 3.95. The van der Waals surface area contributed by atoms with Gasteiger partial charge in [0.2, 0.25) is 5.91 Å². The Morgan fingerprint density at radius 3 is 2.72 bits per heavy atom. The van der Waals surface area contributed by atoms with Gasteiger partial charge in [-0.25, -0.2) is 0 Å². The van der Waals surface area contributed by atoms with E-state index in [9.17, 15) is 9.90 Å². The number of nitrogens with one attached hydrogen (secondary N) is 1. The molecule has 1 aliphatic rings. The van der Waals surface area contributed by atoms with Crippen molar-refractivity contribution in [1.29, 1.82) is 0 Å². The summed E-state index contributed by atoms with van der Waals surface area (Å²) < 4.78 is 1.70. The highest BCUT2D eigenvalue weighted by Crippen LogP contribution is 2.40. The molecule has 1 heterocycles. The molecular weight excluding hydrogens is 230 g/mol. The molecule has 1 aromatic heterocycles. The second-order valence-corrected chi connectivity index (χ2v) is 5.78. The number of carbonyl (C=O) groups is 1. The van der Waals surface area contributed by atoms with Crippen molar-refractivity contribution < 1.29 is 9.90 Å². The molecule has 0 bridgehead atoms. The van der Waals surface area contributed by atoms with Gasteiger partial charge in [-0.3, -0.25) is 9.48 Å². The van der Waals surface area contributed by atoms with Crippen LogP contribution < -0.4 is 5.32 Å². The number of nitrogens with zero attached hydrogens (tertiary/aromatic N) is 2. The van der Waals surface area contributed by atoms with E-state index >= 15 is 0 Å². The first kappa shape index (κ1) is 13.1. The molecule has 2 rings (SSSR count). The topological polar surface area (TPSA) is 67.2 Å². The van der Waals surface area contributed by atoms with Crippen molar-refractivity contribution in [1.82, 2.24) is 15.1 Å². The van der Waals surface area contributed by atoms with Crippen molar-refractivity contribution in [3.8, 4) is 0 Å². The number of aliphatic hydroxyl groups is 1. The molecule has 0 spiro atoms. The van der Waals surface area contributed by atoms with Gasteiger partial charge in [-0.1, -0.05) is 13.8 Å². The lowest BCUT2D eigenvalue weighted by atomic mass is 9.64. The van der Waals surface area contributed by atoms with Crippen molar-refractivity contribution in [3.05, 3.63) is 17.5 Å². The zero-order chi connectivity index (χ0) is 13.5. The zero-order valence-electron chi connectivity index (χ0n) is 11.4. The molecule has 5 nitrogen and oxygen atoms in total. The molecule has 2 N–H and O–H groups in total. The predicted octanol–water partition coefficient (Wildman–Crippen LogP) is 0.776. The highest BCUT2D eigenvalue weighted by atomic mass is 16.3. The Bertz CT molecular complexity index is 465. The van der Waals surface area contributed by atoms with E-state index < -0.39 is 0 Å². The number of aromatic nitrogens is 2. The van der Waals surface area contributed by atoms with E-state index in [4.69, 9.17) is 0 Å².